The summed E-state index contributed by atoms with van der Waals surface area (Å²) >= 11 is 0. The first kappa shape index (κ1) is 19.2. The van der Waals surface area contributed by atoms with E-state index in [-0.39, 0.29) is 10.8 Å². The topological polar surface area (TPSA) is 75.7 Å². The molecule has 2 bridgehead atoms. The van der Waals surface area contributed by atoms with Gasteiger partial charge in [-0.05, 0) is 61.3 Å². The van der Waals surface area contributed by atoms with Crippen molar-refractivity contribution in [3.63, 3.8) is 0 Å². The third-order valence-corrected chi connectivity index (χ3v) is 7.55. The third kappa shape index (κ3) is 3.88. The molecule has 0 aliphatic heterocycles. The molecule has 3 rings (SSSR count). The molecule has 144 valence electrons. The van der Waals surface area contributed by atoms with Crippen LogP contribution in [-0.2, 0) is 21.2 Å². The number of nitrogens with zero attached hydrogens (tertiary/aromatic N) is 1. The molecule has 7 heteroatoms. The summed E-state index contributed by atoms with van der Waals surface area (Å²) < 4.78 is 31.2. The van der Waals surface area contributed by atoms with Gasteiger partial charge in [0.2, 0.25) is 15.9 Å². The minimum absolute atomic E-state index is 0.0328. The minimum Gasteiger partial charge on any atom is -0.496 e. The smallest absolute Gasteiger partial charge is 0.242 e. The van der Waals surface area contributed by atoms with Gasteiger partial charge in [0.05, 0.1) is 12.0 Å². The molecular formula is C19H28N2O4S. The van der Waals surface area contributed by atoms with Gasteiger partial charge in [-0.15, -0.1) is 0 Å². The van der Waals surface area contributed by atoms with Gasteiger partial charge in [-0.25, -0.2) is 12.7 Å². The van der Waals surface area contributed by atoms with Crippen LogP contribution in [0.25, 0.3) is 0 Å². The standard InChI is InChI=1S/C19H28N2O4S/c1-21(2)26(23,24)16-7-8-18(25-3)15(12-16)6-9-19(22)20-17-11-13-4-5-14(17)10-13/h7-8,12-14,17H,4-6,9-11H2,1-3H3,(H,20,22)/t13-,14-,17+/m0/s1. The van der Waals surface area contributed by atoms with Gasteiger partial charge in [0.1, 0.15) is 5.75 Å². The number of benzene rings is 1. The molecule has 0 radical (unpaired) electrons. The first-order chi connectivity index (χ1) is 12.3. The number of fused-ring (bicyclic) bond motifs is 2. The van der Waals surface area contributed by atoms with Crippen LogP contribution in [0, 0.1) is 11.8 Å². The number of hydrogen-bond acceptors (Lipinski definition) is 4. The van der Waals surface area contributed by atoms with E-state index in [2.05, 4.69) is 5.32 Å². The van der Waals surface area contributed by atoms with Crippen molar-refractivity contribution in [2.24, 2.45) is 11.8 Å². The van der Waals surface area contributed by atoms with Crippen LogP contribution in [0.1, 0.15) is 37.7 Å². The maximum Gasteiger partial charge on any atom is 0.242 e. The Kier molecular flexibility index (Phi) is 5.58. The summed E-state index contributed by atoms with van der Waals surface area (Å²) in [6.07, 6.45) is 5.68. The summed E-state index contributed by atoms with van der Waals surface area (Å²) in [6.45, 7) is 0. The van der Waals surface area contributed by atoms with Crippen molar-refractivity contribution in [2.75, 3.05) is 21.2 Å². The molecule has 2 fully saturated rings. The van der Waals surface area contributed by atoms with E-state index < -0.39 is 10.0 Å². The monoisotopic (exact) mass is 380 g/mol. The molecule has 0 aromatic heterocycles. The summed E-state index contributed by atoms with van der Waals surface area (Å²) in [5.41, 5.74) is 0.735. The molecule has 0 saturated heterocycles. The zero-order valence-corrected chi connectivity index (χ0v) is 16.5. The van der Waals surface area contributed by atoms with Gasteiger partial charge in [0.25, 0.3) is 0 Å². The number of amides is 1. The maximum absolute atomic E-state index is 12.4. The highest BCUT2D eigenvalue weighted by atomic mass is 32.2. The van der Waals surface area contributed by atoms with Crippen molar-refractivity contribution in [3.8, 4) is 5.75 Å². The lowest BCUT2D eigenvalue weighted by Crippen LogP contribution is -2.38. The molecular weight excluding hydrogens is 352 g/mol. The maximum atomic E-state index is 12.4. The second kappa shape index (κ2) is 7.56. The predicted octanol–water partition coefficient (Wildman–Crippen LogP) is 2.18. The number of carbonyl (C=O) groups excluding carboxylic acids is 1. The number of carbonyl (C=O) groups is 1. The van der Waals surface area contributed by atoms with Gasteiger partial charge in [0, 0.05) is 26.6 Å². The summed E-state index contributed by atoms with van der Waals surface area (Å²) in [4.78, 5) is 12.6. The van der Waals surface area contributed by atoms with Crippen LogP contribution in [0.2, 0.25) is 0 Å². The molecule has 2 aliphatic rings. The Bertz CT molecular complexity index is 776. The van der Waals surface area contributed by atoms with Crippen LogP contribution in [0.3, 0.4) is 0 Å². The van der Waals surface area contributed by atoms with Crippen LogP contribution in [0.4, 0.5) is 0 Å². The number of nitrogens with one attached hydrogen (secondary N) is 1. The normalized spacial score (nSPS) is 24.8. The van der Waals surface area contributed by atoms with Crippen molar-refractivity contribution in [1.29, 1.82) is 0 Å². The summed E-state index contributed by atoms with van der Waals surface area (Å²) in [5, 5.41) is 3.17. The van der Waals surface area contributed by atoms with Crippen molar-refractivity contribution in [2.45, 2.75) is 49.5 Å². The number of rotatable bonds is 7. The summed E-state index contributed by atoms with van der Waals surface area (Å²) in [7, 11) is 1.04. The Morgan fingerprint density at radius 3 is 2.62 bits per heavy atom. The van der Waals surface area contributed by atoms with E-state index in [4.69, 9.17) is 4.74 Å². The molecule has 1 aromatic carbocycles. The average molecular weight is 381 g/mol. The van der Waals surface area contributed by atoms with Crippen molar-refractivity contribution in [1.82, 2.24) is 9.62 Å². The quantitative estimate of drug-likeness (QED) is 0.787. The fourth-order valence-electron chi connectivity index (χ4n) is 4.27. The van der Waals surface area contributed by atoms with Crippen molar-refractivity contribution >= 4 is 15.9 Å². The number of methoxy groups -OCH3 is 1. The van der Waals surface area contributed by atoms with Crippen LogP contribution < -0.4 is 10.1 Å². The minimum atomic E-state index is -3.51. The molecule has 0 heterocycles. The number of ether oxygens (including phenoxy) is 1. The molecule has 1 aromatic rings. The number of hydrogen-bond donors (Lipinski definition) is 1. The average Bonchev–Trinajstić information content (AvgIpc) is 3.22. The summed E-state index contributed by atoms with van der Waals surface area (Å²) in [5.74, 6) is 2.08. The second-order valence-corrected chi connectivity index (χ2v) is 9.76. The fourth-order valence-corrected chi connectivity index (χ4v) is 5.22. The van der Waals surface area contributed by atoms with Crippen LogP contribution in [0.15, 0.2) is 23.1 Å². The highest BCUT2D eigenvalue weighted by Crippen LogP contribution is 2.44. The zero-order chi connectivity index (χ0) is 18.9. The van der Waals surface area contributed by atoms with Gasteiger partial charge < -0.3 is 10.1 Å². The molecule has 2 saturated carbocycles. The molecule has 1 amide bonds. The fraction of sp³-hybridized carbons (Fsp3) is 0.632. The Labute approximate surface area is 156 Å². The summed E-state index contributed by atoms with van der Waals surface area (Å²) in [6, 6.07) is 5.12. The lowest BCUT2D eigenvalue weighted by atomic mass is 9.95. The van der Waals surface area contributed by atoms with E-state index in [9.17, 15) is 13.2 Å². The van der Waals surface area contributed by atoms with Crippen LogP contribution in [-0.4, -0.2) is 45.9 Å². The van der Waals surface area contributed by atoms with E-state index in [1.165, 1.54) is 43.7 Å². The Balaban J connectivity index is 1.65. The molecule has 3 atom stereocenters. The van der Waals surface area contributed by atoms with Gasteiger partial charge >= 0.3 is 0 Å². The SMILES string of the molecule is COc1ccc(S(=O)(=O)N(C)C)cc1CCC(=O)N[C@@H]1C[C@H]2CC[C@H]1C2. The first-order valence-electron chi connectivity index (χ1n) is 9.20. The number of sulfonamides is 1. The van der Waals surface area contributed by atoms with Gasteiger partial charge in [-0.2, -0.15) is 0 Å². The van der Waals surface area contributed by atoms with Crippen molar-refractivity contribution < 1.29 is 17.9 Å². The molecule has 0 unspecified atom stereocenters. The Morgan fingerprint density at radius 2 is 2.04 bits per heavy atom. The molecule has 2 aliphatic carbocycles. The van der Waals surface area contributed by atoms with Gasteiger partial charge in [-0.1, -0.05) is 6.42 Å². The van der Waals surface area contributed by atoms with E-state index in [1.54, 1.807) is 19.2 Å². The van der Waals surface area contributed by atoms with E-state index in [0.29, 0.717) is 30.6 Å². The van der Waals surface area contributed by atoms with Crippen LogP contribution in [0.5, 0.6) is 5.75 Å². The molecule has 1 N–H and O–H groups in total. The van der Waals surface area contributed by atoms with E-state index in [1.807, 2.05) is 0 Å². The van der Waals surface area contributed by atoms with E-state index >= 15 is 0 Å². The lowest BCUT2D eigenvalue weighted by Gasteiger charge is -2.23. The third-order valence-electron chi connectivity index (χ3n) is 5.74. The highest BCUT2D eigenvalue weighted by Gasteiger charge is 2.39. The molecule has 6 nitrogen and oxygen atoms in total. The predicted molar refractivity (Wildman–Crippen MR) is 99.6 cm³/mol. The Morgan fingerprint density at radius 1 is 1.27 bits per heavy atom. The van der Waals surface area contributed by atoms with Crippen LogP contribution >= 0.6 is 0 Å². The largest absolute Gasteiger partial charge is 0.496 e. The highest BCUT2D eigenvalue weighted by molar-refractivity contribution is 7.89. The van der Waals surface area contributed by atoms with E-state index in [0.717, 1.165) is 17.9 Å². The first-order valence-corrected chi connectivity index (χ1v) is 10.6. The van der Waals surface area contributed by atoms with Gasteiger partial charge in [0.15, 0.2) is 0 Å². The van der Waals surface area contributed by atoms with Gasteiger partial charge in [-0.3, -0.25) is 4.79 Å². The second-order valence-electron chi connectivity index (χ2n) is 7.61. The molecule has 26 heavy (non-hydrogen) atoms. The lowest BCUT2D eigenvalue weighted by molar-refractivity contribution is -0.122. The number of aryl methyl sites for hydroxylation is 1. The Hall–Kier alpha value is -1.60. The zero-order valence-electron chi connectivity index (χ0n) is 15.7. The van der Waals surface area contributed by atoms with Crippen molar-refractivity contribution in [3.05, 3.63) is 23.8 Å². The molecule has 0 spiro atoms.